The molecule has 0 amide bonds. The van der Waals surface area contributed by atoms with Crippen LogP contribution in [0.4, 0.5) is 0 Å². The minimum Gasteiger partial charge on any atom is -0.416 e. The number of hydrogen-bond acceptors (Lipinski definition) is 7. The van der Waals surface area contributed by atoms with Crippen molar-refractivity contribution < 1.29 is 12.8 Å². The third-order valence-corrected chi connectivity index (χ3v) is 5.06. The van der Waals surface area contributed by atoms with E-state index < -0.39 is 9.84 Å². The normalized spacial score (nSPS) is 24.4. The summed E-state index contributed by atoms with van der Waals surface area (Å²) in [6, 6.07) is 2.04. The van der Waals surface area contributed by atoms with Crippen molar-refractivity contribution in [2.45, 2.75) is 29.7 Å². The van der Waals surface area contributed by atoms with Gasteiger partial charge in [0, 0.05) is 0 Å². The summed E-state index contributed by atoms with van der Waals surface area (Å²) in [4.78, 5) is 0. The maximum atomic E-state index is 11.3. The van der Waals surface area contributed by atoms with E-state index in [4.69, 9.17) is 9.68 Å². The van der Waals surface area contributed by atoms with Gasteiger partial charge in [-0.2, -0.15) is 5.26 Å². The van der Waals surface area contributed by atoms with E-state index in [0.717, 1.165) is 0 Å². The van der Waals surface area contributed by atoms with Gasteiger partial charge in [-0.15, -0.1) is 10.2 Å². The number of nitrogens with zero attached hydrogens (tertiary/aromatic N) is 3. The smallest absolute Gasteiger partial charge is 0.277 e. The lowest BCUT2D eigenvalue weighted by molar-refractivity contribution is 0.393. The van der Waals surface area contributed by atoms with Crippen LogP contribution in [0.25, 0.3) is 0 Å². The Hall–Kier alpha value is -1.07. The molecule has 6 nitrogen and oxygen atoms in total. The summed E-state index contributed by atoms with van der Waals surface area (Å²) < 4.78 is 28.0. The summed E-state index contributed by atoms with van der Waals surface area (Å²) in [7, 11) is -2.95. The molecule has 8 heteroatoms. The van der Waals surface area contributed by atoms with Gasteiger partial charge in [-0.1, -0.05) is 0 Å². The van der Waals surface area contributed by atoms with E-state index in [1.54, 1.807) is 6.92 Å². The molecule has 1 aromatic rings. The van der Waals surface area contributed by atoms with Crippen LogP contribution in [0.5, 0.6) is 0 Å². The van der Waals surface area contributed by atoms with Crippen molar-refractivity contribution in [1.82, 2.24) is 10.2 Å². The fourth-order valence-corrected chi connectivity index (χ4v) is 3.91. The molecule has 0 N–H and O–H groups in total. The Balaban J connectivity index is 2.07. The standard InChI is InChI=1S/C9H11N3O3S2/c1-6(4-10)16-9-12-11-8(15-9)7-2-3-17(13,14)5-7/h6-7H,2-3,5H2,1H3/t6-,7-/m0/s1. The first-order valence-corrected chi connectivity index (χ1v) is 7.80. The summed E-state index contributed by atoms with van der Waals surface area (Å²) in [6.45, 7) is 1.73. The number of rotatable bonds is 3. The predicted octanol–water partition coefficient (Wildman–Crippen LogP) is 0.976. The molecule has 0 aliphatic carbocycles. The van der Waals surface area contributed by atoms with Crippen LogP contribution in [0.1, 0.15) is 25.2 Å². The molecule has 1 aliphatic rings. The van der Waals surface area contributed by atoms with Crippen molar-refractivity contribution in [2.24, 2.45) is 0 Å². The van der Waals surface area contributed by atoms with E-state index in [2.05, 4.69) is 10.2 Å². The van der Waals surface area contributed by atoms with Crippen LogP contribution in [-0.2, 0) is 9.84 Å². The van der Waals surface area contributed by atoms with Crippen molar-refractivity contribution in [2.75, 3.05) is 11.5 Å². The van der Waals surface area contributed by atoms with Crippen molar-refractivity contribution in [1.29, 1.82) is 5.26 Å². The van der Waals surface area contributed by atoms with Crippen LogP contribution in [0.2, 0.25) is 0 Å². The number of thioether (sulfide) groups is 1. The highest BCUT2D eigenvalue weighted by Crippen LogP contribution is 2.30. The summed E-state index contributed by atoms with van der Waals surface area (Å²) in [5.41, 5.74) is 0. The third-order valence-electron chi connectivity index (χ3n) is 2.46. The Morgan fingerprint density at radius 1 is 1.59 bits per heavy atom. The van der Waals surface area contributed by atoms with Gasteiger partial charge in [0.05, 0.1) is 28.7 Å². The van der Waals surface area contributed by atoms with E-state index >= 15 is 0 Å². The van der Waals surface area contributed by atoms with Gasteiger partial charge in [0.25, 0.3) is 5.22 Å². The topological polar surface area (TPSA) is 96.9 Å². The number of aromatic nitrogens is 2. The molecule has 92 valence electrons. The molecule has 1 aliphatic heterocycles. The molecule has 0 bridgehead atoms. The monoisotopic (exact) mass is 273 g/mol. The maximum absolute atomic E-state index is 11.3. The molecule has 0 radical (unpaired) electrons. The highest BCUT2D eigenvalue weighted by Gasteiger charge is 2.32. The fraction of sp³-hybridized carbons (Fsp3) is 0.667. The zero-order chi connectivity index (χ0) is 12.5. The lowest BCUT2D eigenvalue weighted by Crippen LogP contribution is -2.03. The van der Waals surface area contributed by atoms with Crippen molar-refractivity contribution >= 4 is 21.6 Å². The first kappa shape index (κ1) is 12.4. The SMILES string of the molecule is C[C@@H](C#N)Sc1nnc([C@H]2CCS(=O)(=O)C2)o1. The van der Waals surface area contributed by atoms with E-state index in [1.165, 1.54) is 11.8 Å². The van der Waals surface area contributed by atoms with Crippen LogP contribution in [-0.4, -0.2) is 35.4 Å². The molecule has 1 aromatic heterocycles. The minimum atomic E-state index is -2.95. The van der Waals surface area contributed by atoms with Crippen LogP contribution in [0.3, 0.4) is 0 Å². The molecule has 0 spiro atoms. The lowest BCUT2D eigenvalue weighted by Gasteiger charge is -1.99. The van der Waals surface area contributed by atoms with E-state index in [-0.39, 0.29) is 22.7 Å². The van der Waals surface area contributed by atoms with Gasteiger partial charge in [0.2, 0.25) is 5.89 Å². The molecule has 2 rings (SSSR count). The Labute approximate surface area is 103 Å². The molecule has 0 aromatic carbocycles. The summed E-state index contributed by atoms with van der Waals surface area (Å²) >= 11 is 1.17. The Morgan fingerprint density at radius 3 is 2.94 bits per heavy atom. The molecule has 2 atom stereocenters. The molecule has 2 heterocycles. The largest absolute Gasteiger partial charge is 0.416 e. The van der Waals surface area contributed by atoms with E-state index in [0.29, 0.717) is 17.5 Å². The maximum Gasteiger partial charge on any atom is 0.277 e. The average Bonchev–Trinajstić information content (AvgIpc) is 2.84. The average molecular weight is 273 g/mol. The van der Waals surface area contributed by atoms with Gasteiger partial charge in [0.1, 0.15) is 0 Å². The van der Waals surface area contributed by atoms with Gasteiger partial charge in [-0.25, -0.2) is 8.42 Å². The molecule has 17 heavy (non-hydrogen) atoms. The van der Waals surface area contributed by atoms with Gasteiger partial charge < -0.3 is 4.42 Å². The quantitative estimate of drug-likeness (QED) is 0.757. The number of sulfone groups is 1. The second-order valence-electron chi connectivity index (χ2n) is 3.90. The molecule has 1 saturated heterocycles. The highest BCUT2D eigenvalue weighted by atomic mass is 32.2. The van der Waals surface area contributed by atoms with Crippen molar-refractivity contribution in [3.05, 3.63) is 5.89 Å². The summed E-state index contributed by atoms with van der Waals surface area (Å²) in [5, 5.41) is 16.3. The third kappa shape index (κ3) is 2.98. The highest BCUT2D eigenvalue weighted by molar-refractivity contribution is 7.99. The molecular formula is C9H11N3O3S2. The van der Waals surface area contributed by atoms with Gasteiger partial charge >= 0.3 is 0 Å². The Kier molecular flexibility index (Phi) is 3.40. The van der Waals surface area contributed by atoms with Crippen LogP contribution in [0.15, 0.2) is 9.64 Å². The van der Waals surface area contributed by atoms with Gasteiger partial charge in [0.15, 0.2) is 9.84 Å². The van der Waals surface area contributed by atoms with Crippen LogP contribution >= 0.6 is 11.8 Å². The van der Waals surface area contributed by atoms with Crippen LogP contribution < -0.4 is 0 Å². The zero-order valence-electron chi connectivity index (χ0n) is 9.16. The summed E-state index contributed by atoms with van der Waals surface area (Å²) in [5.74, 6) is 0.419. The Bertz CT molecular complexity index is 546. The molecule has 0 saturated carbocycles. The predicted molar refractivity (Wildman–Crippen MR) is 61.2 cm³/mol. The van der Waals surface area contributed by atoms with Gasteiger partial charge in [-0.3, -0.25) is 0 Å². The van der Waals surface area contributed by atoms with E-state index in [9.17, 15) is 8.42 Å². The second kappa shape index (κ2) is 4.66. The zero-order valence-corrected chi connectivity index (χ0v) is 10.8. The Morgan fingerprint density at radius 2 is 2.35 bits per heavy atom. The lowest BCUT2D eigenvalue weighted by atomic mass is 10.1. The second-order valence-corrected chi connectivity index (χ2v) is 7.42. The number of nitriles is 1. The minimum absolute atomic E-state index is 0.0765. The van der Waals surface area contributed by atoms with E-state index in [1.807, 2.05) is 6.07 Å². The molecule has 0 unspecified atom stereocenters. The molecular weight excluding hydrogens is 262 g/mol. The van der Waals surface area contributed by atoms with Crippen molar-refractivity contribution in [3.63, 3.8) is 0 Å². The van der Waals surface area contributed by atoms with Crippen molar-refractivity contribution in [3.8, 4) is 6.07 Å². The molecule has 1 fully saturated rings. The summed E-state index contributed by atoms with van der Waals surface area (Å²) in [6.07, 6.45) is 0.530. The first-order chi connectivity index (χ1) is 8.00. The van der Waals surface area contributed by atoms with Crippen LogP contribution in [0, 0.1) is 11.3 Å². The van der Waals surface area contributed by atoms with Gasteiger partial charge in [-0.05, 0) is 25.1 Å². The first-order valence-electron chi connectivity index (χ1n) is 5.10. The number of hydrogen-bond donors (Lipinski definition) is 0. The fourth-order valence-electron chi connectivity index (χ4n) is 1.60.